The largest absolute Gasteiger partial charge is 0.481 e. The molecule has 34 heavy (non-hydrogen) atoms. The number of pyridine rings is 1. The average Bonchev–Trinajstić information content (AvgIpc) is 2.79. The second-order valence-electron chi connectivity index (χ2n) is 11.2. The van der Waals surface area contributed by atoms with Gasteiger partial charge in [-0.15, -0.1) is 11.8 Å². The third kappa shape index (κ3) is 4.61. The number of piperidine rings is 1. The number of carboxylic acids is 1. The molecule has 0 spiro atoms. The Bertz CT molecular complexity index is 932. The van der Waals surface area contributed by atoms with Crippen molar-refractivity contribution in [3.63, 3.8) is 0 Å². The van der Waals surface area contributed by atoms with E-state index in [9.17, 15) is 19.8 Å². The number of carbonyl (C=O) groups is 2. The van der Waals surface area contributed by atoms with Crippen molar-refractivity contribution in [3.05, 3.63) is 23.4 Å². The fourth-order valence-electron chi connectivity index (χ4n) is 7.38. The van der Waals surface area contributed by atoms with Crippen molar-refractivity contribution in [1.82, 2.24) is 15.6 Å². The van der Waals surface area contributed by atoms with Crippen molar-refractivity contribution in [2.45, 2.75) is 86.8 Å². The highest BCUT2D eigenvalue weighted by atomic mass is 32.2. The van der Waals surface area contributed by atoms with Crippen molar-refractivity contribution >= 4 is 23.6 Å². The molecule has 6 rings (SSSR count). The zero-order valence-electron chi connectivity index (χ0n) is 20.0. The van der Waals surface area contributed by atoms with Crippen LogP contribution < -0.4 is 10.6 Å². The predicted octanol–water partition coefficient (Wildman–Crippen LogP) is 3.35. The predicted molar refractivity (Wildman–Crippen MR) is 131 cm³/mol. The maximum atomic E-state index is 13.5. The minimum Gasteiger partial charge on any atom is -0.481 e. The average molecular weight is 488 g/mol. The van der Waals surface area contributed by atoms with Crippen molar-refractivity contribution in [2.75, 3.05) is 18.8 Å². The Kier molecular flexibility index (Phi) is 6.68. The van der Waals surface area contributed by atoms with E-state index in [1.807, 2.05) is 12.1 Å². The summed E-state index contributed by atoms with van der Waals surface area (Å²) in [4.78, 5) is 30.1. The smallest absolute Gasteiger partial charge is 0.304 e. The Labute approximate surface area is 205 Å². The van der Waals surface area contributed by atoms with Gasteiger partial charge in [-0.1, -0.05) is 6.92 Å². The van der Waals surface area contributed by atoms with Crippen molar-refractivity contribution in [1.29, 1.82) is 0 Å². The normalized spacial score (nSPS) is 36.4. The zero-order chi connectivity index (χ0) is 23.9. The van der Waals surface area contributed by atoms with E-state index in [-0.39, 0.29) is 18.4 Å². The number of amides is 1. The van der Waals surface area contributed by atoms with Gasteiger partial charge in [0, 0.05) is 23.7 Å². The minimum atomic E-state index is -0.821. The van der Waals surface area contributed by atoms with Crippen LogP contribution in [-0.2, 0) is 10.2 Å². The molecule has 4 saturated carbocycles. The first-order valence-corrected chi connectivity index (χ1v) is 13.9. The first-order chi connectivity index (χ1) is 16.3. The van der Waals surface area contributed by atoms with E-state index >= 15 is 0 Å². The molecule has 4 bridgehead atoms. The van der Waals surface area contributed by atoms with E-state index in [0.29, 0.717) is 34.9 Å². The minimum absolute atomic E-state index is 0.0337. The van der Waals surface area contributed by atoms with E-state index in [0.717, 1.165) is 69.4 Å². The fraction of sp³-hybridized carbons (Fsp3) is 0.731. The number of hydrogen-bond acceptors (Lipinski definition) is 6. The van der Waals surface area contributed by atoms with Crippen LogP contribution >= 0.6 is 11.8 Å². The van der Waals surface area contributed by atoms with Gasteiger partial charge in [-0.3, -0.25) is 9.59 Å². The molecule has 4 aliphatic carbocycles. The van der Waals surface area contributed by atoms with Gasteiger partial charge >= 0.3 is 5.97 Å². The number of rotatable bonds is 8. The zero-order valence-corrected chi connectivity index (χ0v) is 20.8. The number of nitrogens with zero attached hydrogens (tertiary/aromatic N) is 1. The Hall–Kier alpha value is -1.64. The molecule has 5 aliphatic rings. The molecule has 4 N–H and O–H groups in total. The van der Waals surface area contributed by atoms with Crippen LogP contribution in [0.5, 0.6) is 0 Å². The van der Waals surface area contributed by atoms with Crippen LogP contribution in [0.15, 0.2) is 17.2 Å². The molecule has 186 valence electrons. The summed E-state index contributed by atoms with van der Waals surface area (Å²) in [5.74, 6) is 1.25. The SMILES string of the molecule is CCCSc1nc([C@@]2(CC(=O)O)CCCNC2)ccc1C(=O)NC1C2CC3CC1CC(O)(C3)C2. The second kappa shape index (κ2) is 9.43. The van der Waals surface area contributed by atoms with Crippen molar-refractivity contribution in [3.8, 4) is 0 Å². The summed E-state index contributed by atoms with van der Waals surface area (Å²) in [6.07, 6.45) is 7.40. The maximum absolute atomic E-state index is 13.5. The van der Waals surface area contributed by atoms with Crippen LogP contribution in [0.25, 0.3) is 0 Å². The van der Waals surface area contributed by atoms with Crippen LogP contribution in [0.2, 0.25) is 0 Å². The van der Waals surface area contributed by atoms with Crippen LogP contribution in [0, 0.1) is 17.8 Å². The maximum Gasteiger partial charge on any atom is 0.304 e. The number of thioether (sulfide) groups is 1. The molecule has 8 heteroatoms. The summed E-state index contributed by atoms with van der Waals surface area (Å²) in [5, 5.41) is 27.9. The third-order valence-electron chi connectivity index (χ3n) is 8.59. The molecule has 3 atom stereocenters. The molecule has 2 unspecified atom stereocenters. The molecular weight excluding hydrogens is 450 g/mol. The Morgan fingerprint density at radius 3 is 2.62 bits per heavy atom. The van der Waals surface area contributed by atoms with Crippen LogP contribution in [0.3, 0.4) is 0 Å². The van der Waals surface area contributed by atoms with Gasteiger partial charge in [-0.25, -0.2) is 4.98 Å². The first kappa shape index (κ1) is 24.1. The van der Waals surface area contributed by atoms with Crippen LogP contribution in [-0.4, -0.2) is 57.6 Å². The number of carbonyl (C=O) groups excluding carboxylic acids is 1. The molecule has 2 heterocycles. The van der Waals surface area contributed by atoms with E-state index in [1.54, 1.807) is 11.8 Å². The van der Waals surface area contributed by atoms with E-state index < -0.39 is 17.0 Å². The van der Waals surface area contributed by atoms with Crippen LogP contribution in [0.4, 0.5) is 0 Å². The highest BCUT2D eigenvalue weighted by molar-refractivity contribution is 7.99. The van der Waals surface area contributed by atoms with Gasteiger partial charge in [-0.2, -0.15) is 0 Å². The van der Waals surface area contributed by atoms with Crippen LogP contribution in [0.1, 0.15) is 80.8 Å². The summed E-state index contributed by atoms with van der Waals surface area (Å²) < 4.78 is 0. The molecule has 1 aromatic heterocycles. The highest BCUT2D eigenvalue weighted by Crippen LogP contribution is 2.55. The van der Waals surface area contributed by atoms with E-state index in [2.05, 4.69) is 17.6 Å². The molecule has 1 amide bonds. The number of aliphatic carboxylic acids is 1. The fourth-order valence-corrected chi connectivity index (χ4v) is 8.26. The first-order valence-electron chi connectivity index (χ1n) is 12.9. The molecule has 0 radical (unpaired) electrons. The molecule has 7 nitrogen and oxygen atoms in total. The third-order valence-corrected chi connectivity index (χ3v) is 9.79. The quantitative estimate of drug-likeness (QED) is 0.416. The van der Waals surface area contributed by atoms with Crippen molar-refractivity contribution < 1.29 is 19.8 Å². The van der Waals surface area contributed by atoms with Gasteiger partial charge in [0.15, 0.2) is 0 Å². The summed E-state index contributed by atoms with van der Waals surface area (Å²) >= 11 is 1.58. The molecule has 0 aromatic carbocycles. The molecule has 5 fully saturated rings. The number of hydrogen-bond donors (Lipinski definition) is 4. The summed E-state index contributed by atoms with van der Waals surface area (Å²) in [6.45, 7) is 3.58. The number of nitrogens with one attached hydrogen (secondary N) is 2. The van der Waals surface area contributed by atoms with Gasteiger partial charge in [0.05, 0.1) is 17.6 Å². The van der Waals surface area contributed by atoms with E-state index in [4.69, 9.17) is 4.98 Å². The van der Waals surface area contributed by atoms with Gasteiger partial charge in [-0.05, 0) is 93.6 Å². The van der Waals surface area contributed by atoms with Gasteiger partial charge in [0.1, 0.15) is 5.03 Å². The Morgan fingerprint density at radius 1 is 1.24 bits per heavy atom. The summed E-state index contributed by atoms with van der Waals surface area (Å²) in [6, 6.07) is 3.85. The Balaban J connectivity index is 1.40. The lowest BCUT2D eigenvalue weighted by Gasteiger charge is -2.58. The standard InChI is InChI=1S/C26H37N3O4S/c1-2-8-34-24-19(4-5-20(28-24)25(14-21(30)31)6-3-7-27-15-25)23(32)29-22-17-9-16-10-18(22)13-26(33,11-16)12-17/h4-5,16-18,22,27,33H,2-3,6-15H2,1H3,(H,29,32)(H,30,31)/t16?,17?,18?,22?,25-,26?/m1/s1. The summed E-state index contributed by atoms with van der Waals surface area (Å²) in [5.41, 5.74) is 0.297. The Morgan fingerprint density at radius 2 is 2.00 bits per heavy atom. The number of aromatic nitrogens is 1. The number of aliphatic hydroxyl groups is 1. The topological polar surface area (TPSA) is 112 Å². The summed E-state index contributed by atoms with van der Waals surface area (Å²) in [7, 11) is 0. The lowest BCUT2D eigenvalue weighted by atomic mass is 9.52. The van der Waals surface area contributed by atoms with Crippen molar-refractivity contribution in [2.24, 2.45) is 17.8 Å². The monoisotopic (exact) mass is 487 g/mol. The lowest BCUT2D eigenvalue weighted by Crippen LogP contribution is -2.61. The molecule has 1 saturated heterocycles. The van der Waals surface area contributed by atoms with Gasteiger partial charge in [0.2, 0.25) is 0 Å². The highest BCUT2D eigenvalue weighted by Gasteiger charge is 2.55. The second-order valence-corrected chi connectivity index (χ2v) is 12.3. The van der Waals surface area contributed by atoms with Gasteiger partial charge < -0.3 is 20.8 Å². The lowest BCUT2D eigenvalue weighted by molar-refractivity contribution is -0.138. The van der Waals surface area contributed by atoms with E-state index in [1.165, 1.54) is 0 Å². The molecule has 1 aliphatic heterocycles. The molecular formula is C26H37N3O4S. The van der Waals surface area contributed by atoms with Gasteiger partial charge in [0.25, 0.3) is 5.91 Å². The molecule has 1 aromatic rings. The number of carboxylic acid groups (broad SMARTS) is 1.